The van der Waals surface area contributed by atoms with Gasteiger partial charge in [-0.1, -0.05) is 26.0 Å². The average Bonchev–Trinajstić information content (AvgIpc) is 2.52. The van der Waals surface area contributed by atoms with Crippen molar-refractivity contribution in [2.24, 2.45) is 5.92 Å². The maximum atomic E-state index is 12.3. The van der Waals surface area contributed by atoms with Crippen molar-refractivity contribution in [3.63, 3.8) is 0 Å². The van der Waals surface area contributed by atoms with Crippen LogP contribution in [0, 0.1) is 12.8 Å². The summed E-state index contributed by atoms with van der Waals surface area (Å²) in [5, 5.41) is 9.00. The smallest absolute Gasteiger partial charge is 0.306 e. The predicted molar refractivity (Wildman–Crippen MR) is 87.7 cm³/mol. The first-order valence-electron chi connectivity index (χ1n) is 8.12. The van der Waals surface area contributed by atoms with Gasteiger partial charge in [-0.2, -0.15) is 0 Å². The Kier molecular flexibility index (Phi) is 5.64. The Morgan fingerprint density at radius 3 is 2.52 bits per heavy atom. The van der Waals surface area contributed by atoms with Crippen molar-refractivity contribution in [2.75, 3.05) is 19.7 Å². The Hall–Kier alpha value is -2.04. The van der Waals surface area contributed by atoms with Crippen LogP contribution < -0.4 is 4.74 Å². The highest BCUT2D eigenvalue weighted by Crippen LogP contribution is 2.27. The monoisotopic (exact) mass is 319 g/mol. The molecule has 1 aromatic carbocycles. The highest BCUT2D eigenvalue weighted by molar-refractivity contribution is 5.78. The van der Waals surface area contributed by atoms with Crippen LogP contribution in [-0.4, -0.2) is 41.6 Å². The first-order valence-corrected chi connectivity index (χ1v) is 8.12. The zero-order chi connectivity index (χ0) is 17.0. The standard InChI is InChI=1S/C18H25NO4/c1-12(2)15-5-4-13(3)10-16(15)23-11-17(20)19-8-6-14(7-9-19)18(21)22/h4-5,10,12,14H,6-9,11H2,1-3H3,(H,21,22). The zero-order valence-corrected chi connectivity index (χ0v) is 14.0. The lowest BCUT2D eigenvalue weighted by Gasteiger charge is -2.30. The number of aliphatic carboxylic acids is 1. The Balaban J connectivity index is 1.93. The number of carbonyl (C=O) groups is 2. The molecule has 0 aliphatic carbocycles. The van der Waals surface area contributed by atoms with Gasteiger partial charge >= 0.3 is 5.97 Å². The number of carboxylic acid groups (broad SMARTS) is 1. The number of hydrogen-bond donors (Lipinski definition) is 1. The normalized spacial score (nSPS) is 15.7. The van der Waals surface area contributed by atoms with E-state index in [1.54, 1.807) is 4.90 Å². The number of hydrogen-bond acceptors (Lipinski definition) is 3. The van der Waals surface area contributed by atoms with Crippen LogP contribution >= 0.6 is 0 Å². The molecule has 0 bridgehead atoms. The maximum Gasteiger partial charge on any atom is 0.306 e. The summed E-state index contributed by atoms with van der Waals surface area (Å²) >= 11 is 0. The number of likely N-dealkylation sites (tertiary alicyclic amines) is 1. The molecule has 5 nitrogen and oxygen atoms in total. The maximum absolute atomic E-state index is 12.3. The van der Waals surface area contributed by atoms with Gasteiger partial charge in [0.25, 0.3) is 5.91 Å². The number of amides is 1. The highest BCUT2D eigenvalue weighted by Gasteiger charge is 2.27. The number of aryl methyl sites for hydroxylation is 1. The summed E-state index contributed by atoms with van der Waals surface area (Å²) in [5.74, 6) is -0.0928. The number of ether oxygens (including phenoxy) is 1. The number of benzene rings is 1. The van der Waals surface area contributed by atoms with Gasteiger partial charge < -0.3 is 14.7 Å². The Labute approximate surface area is 137 Å². The van der Waals surface area contributed by atoms with Gasteiger partial charge in [-0.05, 0) is 42.9 Å². The fourth-order valence-electron chi connectivity index (χ4n) is 2.85. The fourth-order valence-corrected chi connectivity index (χ4v) is 2.85. The molecule has 0 aromatic heterocycles. The van der Waals surface area contributed by atoms with E-state index < -0.39 is 5.97 Å². The van der Waals surface area contributed by atoms with Gasteiger partial charge in [0.05, 0.1) is 5.92 Å². The van der Waals surface area contributed by atoms with E-state index in [9.17, 15) is 9.59 Å². The second-order valence-corrected chi connectivity index (χ2v) is 6.48. The highest BCUT2D eigenvalue weighted by atomic mass is 16.5. The first-order chi connectivity index (χ1) is 10.9. The molecule has 1 fully saturated rings. The SMILES string of the molecule is Cc1ccc(C(C)C)c(OCC(=O)N2CCC(C(=O)O)CC2)c1. The number of piperidine rings is 1. The molecule has 1 amide bonds. The van der Waals surface area contributed by atoms with E-state index in [2.05, 4.69) is 13.8 Å². The van der Waals surface area contributed by atoms with E-state index in [-0.39, 0.29) is 18.4 Å². The molecule has 0 unspecified atom stereocenters. The van der Waals surface area contributed by atoms with Crippen LogP contribution in [0.4, 0.5) is 0 Å². The van der Waals surface area contributed by atoms with Gasteiger partial charge in [0.15, 0.2) is 6.61 Å². The zero-order valence-electron chi connectivity index (χ0n) is 14.0. The molecule has 5 heteroatoms. The molecule has 1 heterocycles. The van der Waals surface area contributed by atoms with Gasteiger partial charge in [0, 0.05) is 13.1 Å². The van der Waals surface area contributed by atoms with Crippen LogP contribution in [0.2, 0.25) is 0 Å². The Morgan fingerprint density at radius 1 is 1.30 bits per heavy atom. The lowest BCUT2D eigenvalue weighted by molar-refractivity contribution is -0.146. The second-order valence-electron chi connectivity index (χ2n) is 6.48. The molecule has 1 saturated heterocycles. The number of carbonyl (C=O) groups excluding carboxylic acids is 1. The third-order valence-electron chi connectivity index (χ3n) is 4.34. The van der Waals surface area contributed by atoms with Crippen molar-refractivity contribution in [3.8, 4) is 5.75 Å². The van der Waals surface area contributed by atoms with Crippen molar-refractivity contribution in [1.82, 2.24) is 4.90 Å². The van der Waals surface area contributed by atoms with Crippen molar-refractivity contribution in [2.45, 2.75) is 39.5 Å². The lowest BCUT2D eigenvalue weighted by atomic mass is 9.97. The van der Waals surface area contributed by atoms with Crippen molar-refractivity contribution in [3.05, 3.63) is 29.3 Å². The minimum absolute atomic E-state index is 0.000904. The quantitative estimate of drug-likeness (QED) is 0.906. The van der Waals surface area contributed by atoms with E-state index in [0.717, 1.165) is 16.9 Å². The summed E-state index contributed by atoms with van der Waals surface area (Å²) in [6.45, 7) is 7.16. The molecule has 1 N–H and O–H groups in total. The van der Waals surface area contributed by atoms with Crippen molar-refractivity contribution < 1.29 is 19.4 Å². The average molecular weight is 319 g/mol. The number of carboxylic acids is 1. The molecule has 0 radical (unpaired) electrons. The van der Waals surface area contributed by atoms with Crippen LogP contribution in [0.15, 0.2) is 18.2 Å². The van der Waals surface area contributed by atoms with Gasteiger partial charge in [-0.15, -0.1) is 0 Å². The molecule has 126 valence electrons. The van der Waals surface area contributed by atoms with E-state index in [4.69, 9.17) is 9.84 Å². The minimum Gasteiger partial charge on any atom is -0.483 e. The number of rotatable bonds is 5. The van der Waals surface area contributed by atoms with Gasteiger partial charge in [0.1, 0.15) is 5.75 Å². The summed E-state index contributed by atoms with van der Waals surface area (Å²) in [6.07, 6.45) is 1.03. The summed E-state index contributed by atoms with van der Waals surface area (Å²) in [7, 11) is 0. The molecule has 23 heavy (non-hydrogen) atoms. The molecular weight excluding hydrogens is 294 g/mol. The van der Waals surface area contributed by atoms with Crippen molar-refractivity contribution >= 4 is 11.9 Å². The largest absolute Gasteiger partial charge is 0.483 e. The summed E-state index contributed by atoms with van der Waals surface area (Å²) in [6, 6.07) is 6.04. The van der Waals surface area contributed by atoms with Crippen LogP contribution in [0.25, 0.3) is 0 Å². The third kappa shape index (κ3) is 4.47. The first kappa shape index (κ1) is 17.3. The molecule has 0 atom stereocenters. The Morgan fingerprint density at radius 2 is 1.96 bits per heavy atom. The molecule has 1 aliphatic rings. The second kappa shape index (κ2) is 7.49. The molecule has 1 aromatic rings. The molecule has 2 rings (SSSR count). The fraction of sp³-hybridized carbons (Fsp3) is 0.556. The van der Waals surface area contributed by atoms with Gasteiger partial charge in [0.2, 0.25) is 0 Å². The predicted octanol–water partition coefficient (Wildman–Crippen LogP) is 2.82. The molecule has 1 aliphatic heterocycles. The summed E-state index contributed by atoms with van der Waals surface area (Å²) in [4.78, 5) is 24.9. The number of nitrogens with zero attached hydrogens (tertiary/aromatic N) is 1. The van der Waals surface area contributed by atoms with Crippen molar-refractivity contribution in [1.29, 1.82) is 0 Å². The molecule has 0 saturated carbocycles. The van der Waals surface area contributed by atoms with E-state index in [0.29, 0.717) is 31.8 Å². The van der Waals surface area contributed by atoms with Crippen LogP contribution in [0.3, 0.4) is 0 Å². The lowest BCUT2D eigenvalue weighted by Crippen LogP contribution is -2.42. The molecule has 0 spiro atoms. The van der Waals surface area contributed by atoms with Crippen LogP contribution in [0.1, 0.15) is 43.7 Å². The van der Waals surface area contributed by atoms with Crippen LogP contribution in [0.5, 0.6) is 5.75 Å². The minimum atomic E-state index is -0.769. The molecular formula is C18H25NO4. The van der Waals surface area contributed by atoms with Gasteiger partial charge in [-0.25, -0.2) is 0 Å². The Bertz CT molecular complexity index is 574. The topological polar surface area (TPSA) is 66.8 Å². The third-order valence-corrected chi connectivity index (χ3v) is 4.34. The van der Waals surface area contributed by atoms with E-state index in [1.165, 1.54) is 0 Å². The summed E-state index contributed by atoms with van der Waals surface area (Å²) < 4.78 is 5.76. The van der Waals surface area contributed by atoms with E-state index in [1.807, 2.05) is 25.1 Å². The summed E-state index contributed by atoms with van der Waals surface area (Å²) in [5.41, 5.74) is 2.19. The van der Waals surface area contributed by atoms with Crippen LogP contribution in [-0.2, 0) is 9.59 Å². The van der Waals surface area contributed by atoms with Gasteiger partial charge in [-0.3, -0.25) is 9.59 Å². The van der Waals surface area contributed by atoms with E-state index >= 15 is 0 Å².